The van der Waals surface area contributed by atoms with Gasteiger partial charge in [-0.1, -0.05) is 0 Å². The molecule has 0 saturated carbocycles. The van der Waals surface area contributed by atoms with Gasteiger partial charge in [0, 0.05) is 30.6 Å². The van der Waals surface area contributed by atoms with Gasteiger partial charge < -0.3 is 9.47 Å². The summed E-state index contributed by atoms with van der Waals surface area (Å²) in [6.45, 7) is 0. The number of rotatable bonds is 20. The normalized spacial score (nSPS) is 14.9. The molecule has 506 valence electrons. The molecule has 3 aromatic carbocycles. The number of halogens is 44. The van der Waals surface area contributed by atoms with Crippen LogP contribution in [0.4, 0.5) is 193 Å². The first-order valence-corrected chi connectivity index (χ1v) is 22.6. The van der Waals surface area contributed by atoms with Crippen molar-refractivity contribution in [3.8, 4) is 53.3 Å². The van der Waals surface area contributed by atoms with Crippen LogP contribution in [0.1, 0.15) is 0 Å². The van der Waals surface area contributed by atoms with Gasteiger partial charge in [-0.15, -0.1) is 22.7 Å². The fourth-order valence-corrected chi connectivity index (χ4v) is 8.81. The molecule has 0 spiro atoms. The van der Waals surface area contributed by atoms with Crippen molar-refractivity contribution in [2.24, 2.45) is 0 Å². The number of hydrogen-bond acceptors (Lipinski definition) is 4. The van der Waals surface area contributed by atoms with Crippen LogP contribution in [0.25, 0.3) is 41.8 Å². The molecular weight excluding hydrogens is 1440 g/mol. The first kappa shape index (κ1) is 74.3. The third-order valence-electron chi connectivity index (χ3n) is 11.6. The minimum Gasteiger partial charge on any atom is -0.427 e. The van der Waals surface area contributed by atoms with Gasteiger partial charge in [-0.05, 0) is 36.4 Å². The molecule has 0 bridgehead atoms. The lowest BCUT2D eigenvalue weighted by molar-refractivity contribution is -0.471. The van der Waals surface area contributed by atoms with Crippen molar-refractivity contribution < 1.29 is 203 Å². The Balaban J connectivity index is 1.95. The molecule has 0 aliphatic carbocycles. The van der Waals surface area contributed by atoms with Crippen LogP contribution in [-0.2, 0) is 0 Å². The quantitative estimate of drug-likeness (QED) is 0.0439. The van der Waals surface area contributed by atoms with Crippen molar-refractivity contribution in [1.82, 2.24) is 0 Å². The largest absolute Gasteiger partial charge is 0.471 e. The summed E-state index contributed by atoms with van der Waals surface area (Å²) in [7, 11) is 0. The molecule has 2 nitrogen and oxygen atoms in total. The Morgan fingerprint density at radius 1 is 0.222 bits per heavy atom. The van der Waals surface area contributed by atoms with Gasteiger partial charge in [-0.25, -0.2) is 43.9 Å². The first-order valence-electron chi connectivity index (χ1n) is 20.9. The summed E-state index contributed by atoms with van der Waals surface area (Å²) in [5.41, 5.74) is -10.4. The van der Waals surface area contributed by atoms with Crippen molar-refractivity contribution in [3.05, 3.63) is 94.6 Å². The summed E-state index contributed by atoms with van der Waals surface area (Å²) < 4.78 is 635. The zero-order chi connectivity index (χ0) is 70.6. The summed E-state index contributed by atoms with van der Waals surface area (Å²) in [4.78, 5) is -7.86. The highest BCUT2D eigenvalue weighted by molar-refractivity contribution is 7.19. The molecule has 2 aromatic heterocycles. The van der Waals surface area contributed by atoms with Crippen molar-refractivity contribution in [2.75, 3.05) is 0 Å². The summed E-state index contributed by atoms with van der Waals surface area (Å²) in [5.74, 6) is -149. The van der Waals surface area contributed by atoms with Crippen LogP contribution in [0, 0.1) is 58.2 Å². The molecule has 0 atom stereocenters. The second-order valence-electron chi connectivity index (χ2n) is 17.2. The van der Waals surface area contributed by atoms with Crippen molar-refractivity contribution in [2.45, 2.75) is 95.6 Å². The van der Waals surface area contributed by atoms with E-state index in [1.807, 2.05) is 0 Å². The Morgan fingerprint density at radius 3 is 0.611 bits per heavy atom. The second-order valence-corrected chi connectivity index (χ2v) is 19.4. The Hall–Kier alpha value is -6.42. The molecule has 0 fully saturated rings. The zero-order valence-corrected chi connectivity index (χ0v) is 41.4. The molecule has 90 heavy (non-hydrogen) atoms. The Bertz CT molecular complexity index is 3290. The summed E-state index contributed by atoms with van der Waals surface area (Å²) in [6, 6.07) is -4.10. The number of ether oxygens (including phenoxy) is 2. The van der Waals surface area contributed by atoms with Gasteiger partial charge in [0.1, 0.15) is 11.5 Å². The maximum absolute atomic E-state index is 15.7. The van der Waals surface area contributed by atoms with Crippen LogP contribution in [0.2, 0.25) is 0 Å². The monoisotopic (exact) mass is 1440 g/mol. The average Bonchev–Trinajstić information content (AvgIpc) is 0.810. The molecule has 5 aromatic rings. The fourth-order valence-electron chi connectivity index (χ4n) is 6.69. The van der Waals surface area contributed by atoms with Gasteiger partial charge in [-0.2, -0.15) is 149 Å². The third-order valence-corrected chi connectivity index (χ3v) is 13.9. The van der Waals surface area contributed by atoms with E-state index in [1.165, 1.54) is 0 Å². The number of alkyl halides is 34. The predicted octanol–water partition coefficient (Wildman–Crippen LogP) is 20.6. The smallest absolute Gasteiger partial charge is 0.427 e. The first-order chi connectivity index (χ1) is 39.7. The van der Waals surface area contributed by atoms with Gasteiger partial charge in [0.25, 0.3) is 0 Å². The number of benzene rings is 3. The highest BCUT2D eigenvalue weighted by Crippen LogP contribution is 2.67. The Labute approximate surface area is 468 Å². The average molecular weight is 1440 g/mol. The molecule has 0 unspecified atom stereocenters. The molecule has 0 aliphatic heterocycles. The van der Waals surface area contributed by atoms with E-state index in [2.05, 4.69) is 9.47 Å². The molecule has 0 saturated heterocycles. The topological polar surface area (TPSA) is 18.5 Å². The van der Waals surface area contributed by atoms with Crippen molar-refractivity contribution in [1.29, 1.82) is 0 Å². The van der Waals surface area contributed by atoms with Crippen molar-refractivity contribution in [3.63, 3.8) is 0 Å². The highest BCUT2D eigenvalue weighted by Gasteiger charge is 2.97. The van der Waals surface area contributed by atoms with E-state index in [-0.39, 0.29) is 24.3 Å². The molecule has 0 radical (unpaired) electrons. The minimum atomic E-state index is -9.55. The molecule has 2 heterocycles. The van der Waals surface area contributed by atoms with Crippen LogP contribution in [0.3, 0.4) is 0 Å². The minimum absolute atomic E-state index is 0.282. The highest BCUT2D eigenvalue weighted by atomic mass is 32.1. The standard InChI is InChI=1S/C42H6F44O2S2/c43-17-15(18(44)22(48)25(51)21(17)47)13-3-1-11(89-13)7-5-10(88-42(85,86)38(75,76)34(67,68)30(59,60)28(55,56)32(63,64)36(71,72)40(80,81)82)8(12-2-4-14(90-12)16-19(45)23(49)26(52)24(50)20(16)46)6-9(7)87-41(83,84)37(73,74)33(65,66)29(57,58)27(53,54)31(61,62)35(69,70)39(77,78)79/h1-6H. The maximum atomic E-state index is 15.7. The van der Waals surface area contributed by atoms with E-state index in [0.29, 0.717) is 0 Å². The van der Waals surface area contributed by atoms with Crippen molar-refractivity contribution >= 4 is 22.7 Å². The fraction of sp³-hybridized carbons (Fsp3) is 0.381. The zero-order valence-electron chi connectivity index (χ0n) is 39.7. The van der Waals surface area contributed by atoms with Gasteiger partial charge in [0.15, 0.2) is 46.5 Å². The summed E-state index contributed by atoms with van der Waals surface area (Å²) in [6.07, 6.45) is -33.5. The molecule has 0 amide bonds. The van der Waals surface area contributed by atoms with Gasteiger partial charge >= 0.3 is 95.6 Å². The molecule has 0 N–H and O–H groups in total. The van der Waals surface area contributed by atoms with Crippen LogP contribution >= 0.6 is 22.7 Å². The lowest BCUT2D eigenvalue weighted by Crippen LogP contribution is -2.74. The summed E-state index contributed by atoms with van der Waals surface area (Å²) >= 11 is -2.27. The SMILES string of the molecule is Fc1c(F)c(F)c(-c2ccc(-c3cc(OC(F)(F)C(F)(F)C(F)(F)C(F)(F)C(F)(F)C(F)(F)C(F)(F)C(F)(F)F)c(-c4ccc(-c5c(F)c(F)c(F)c(F)c5F)s4)cc3OC(F)(F)C(F)(F)C(F)(F)C(F)(F)C(F)(F)C(F)(F)C(F)(F)C(F)(F)F)s2)c(F)c1F. The second kappa shape index (κ2) is 21.6. The molecular formula is C42H6F44O2S2. The van der Waals surface area contributed by atoms with Crippen LogP contribution in [0.5, 0.6) is 11.5 Å². The number of hydrogen-bond donors (Lipinski definition) is 0. The van der Waals surface area contributed by atoms with Gasteiger partial charge in [0.2, 0.25) is 11.6 Å². The van der Waals surface area contributed by atoms with Gasteiger partial charge in [0.05, 0.1) is 11.1 Å². The van der Waals surface area contributed by atoms with E-state index in [1.54, 1.807) is 0 Å². The van der Waals surface area contributed by atoms with Crippen LogP contribution < -0.4 is 9.47 Å². The summed E-state index contributed by atoms with van der Waals surface area (Å²) in [5, 5.41) is 0. The molecule has 5 rings (SSSR count). The molecule has 0 aliphatic rings. The lowest BCUT2D eigenvalue weighted by Gasteiger charge is -2.42. The molecule has 48 heteroatoms. The third kappa shape index (κ3) is 10.2. The van der Waals surface area contributed by atoms with E-state index in [9.17, 15) is 158 Å². The lowest BCUT2D eigenvalue weighted by atomic mass is 9.90. The van der Waals surface area contributed by atoms with Crippen LogP contribution in [-0.4, -0.2) is 95.6 Å². The maximum Gasteiger partial charge on any atom is 0.471 e. The van der Waals surface area contributed by atoms with Gasteiger partial charge in [-0.3, -0.25) is 0 Å². The predicted molar refractivity (Wildman–Crippen MR) is 206 cm³/mol. The van der Waals surface area contributed by atoms with E-state index in [4.69, 9.17) is 0 Å². The van der Waals surface area contributed by atoms with E-state index < -0.39 is 242 Å². The Morgan fingerprint density at radius 2 is 0.400 bits per heavy atom. The number of thiophene rings is 2. The Kier molecular flexibility index (Phi) is 17.8. The van der Waals surface area contributed by atoms with Crippen LogP contribution in [0.15, 0.2) is 36.4 Å². The van der Waals surface area contributed by atoms with E-state index >= 15 is 35.1 Å². The van der Waals surface area contributed by atoms with E-state index in [0.717, 1.165) is 0 Å².